The van der Waals surface area contributed by atoms with Crippen molar-refractivity contribution in [2.24, 2.45) is 10.9 Å². The summed E-state index contributed by atoms with van der Waals surface area (Å²) in [4.78, 5) is 2.05. The minimum atomic E-state index is -0.00750. The number of oxime groups is 1. The molecule has 0 spiro atoms. The summed E-state index contributed by atoms with van der Waals surface area (Å²) in [6, 6.07) is 13.1. The predicted octanol–water partition coefficient (Wildman–Crippen LogP) is 3.72. The van der Waals surface area contributed by atoms with Crippen molar-refractivity contribution in [1.29, 1.82) is 0 Å². The Hall–Kier alpha value is -1.91. The number of hydrogen-bond donors (Lipinski definition) is 2. The number of nitrogens with zero attached hydrogens (tertiary/aromatic N) is 2. The summed E-state index contributed by atoms with van der Waals surface area (Å²) >= 11 is 12.0. The third-order valence-corrected chi connectivity index (χ3v) is 3.67. The van der Waals surface area contributed by atoms with E-state index < -0.39 is 0 Å². The number of benzene rings is 2. The molecule has 0 bridgehead atoms. The minimum absolute atomic E-state index is 0.00750. The molecular formula is C15H15Cl2N3O. The molecule has 0 aromatic heterocycles. The maximum atomic E-state index is 8.69. The molecule has 3 N–H and O–H groups in total. The van der Waals surface area contributed by atoms with Crippen LogP contribution >= 0.6 is 23.2 Å². The van der Waals surface area contributed by atoms with Gasteiger partial charge in [-0.1, -0.05) is 40.5 Å². The molecule has 4 nitrogen and oxygen atoms in total. The molecule has 0 saturated carbocycles. The zero-order chi connectivity index (χ0) is 15.4. The highest BCUT2D eigenvalue weighted by Crippen LogP contribution is 2.24. The fourth-order valence-corrected chi connectivity index (χ4v) is 2.36. The smallest absolute Gasteiger partial charge is 0.171 e. The van der Waals surface area contributed by atoms with Crippen LogP contribution in [0.5, 0.6) is 0 Å². The molecule has 0 amide bonds. The highest BCUT2D eigenvalue weighted by atomic mass is 35.5. The highest BCUT2D eigenvalue weighted by molar-refractivity contribution is 6.34. The standard InChI is InChI=1S/C15H15Cl2N3O/c1-20(9-10-2-4-11(16)5-3-10)12-6-7-13(14(17)8-12)15(18)19-21/h2-8,21H,9H2,1H3,(H2,18,19). The van der Waals surface area contributed by atoms with Crippen LogP contribution in [0.25, 0.3) is 0 Å². The van der Waals surface area contributed by atoms with Gasteiger partial charge in [0, 0.05) is 29.9 Å². The average Bonchev–Trinajstić information content (AvgIpc) is 2.48. The maximum absolute atomic E-state index is 8.69. The van der Waals surface area contributed by atoms with Gasteiger partial charge in [-0.25, -0.2) is 0 Å². The molecule has 0 aliphatic heterocycles. The fraction of sp³-hybridized carbons (Fsp3) is 0.133. The first kappa shape index (κ1) is 15.5. The summed E-state index contributed by atoms with van der Waals surface area (Å²) in [5.41, 5.74) is 8.12. The van der Waals surface area contributed by atoms with Crippen molar-refractivity contribution >= 4 is 34.7 Å². The highest BCUT2D eigenvalue weighted by Gasteiger charge is 2.09. The molecule has 0 aliphatic carbocycles. The zero-order valence-electron chi connectivity index (χ0n) is 11.4. The lowest BCUT2D eigenvalue weighted by atomic mass is 10.1. The van der Waals surface area contributed by atoms with Crippen molar-refractivity contribution in [1.82, 2.24) is 0 Å². The van der Waals surface area contributed by atoms with Gasteiger partial charge >= 0.3 is 0 Å². The summed E-state index contributed by atoms with van der Waals surface area (Å²) in [7, 11) is 1.96. The molecule has 0 aliphatic rings. The Balaban J connectivity index is 2.18. The summed E-state index contributed by atoms with van der Waals surface area (Å²) in [6.07, 6.45) is 0. The van der Waals surface area contributed by atoms with E-state index in [9.17, 15) is 0 Å². The van der Waals surface area contributed by atoms with E-state index in [0.29, 0.717) is 15.6 Å². The van der Waals surface area contributed by atoms with Crippen LogP contribution in [0, 0.1) is 0 Å². The zero-order valence-corrected chi connectivity index (χ0v) is 12.9. The summed E-state index contributed by atoms with van der Waals surface area (Å²) in [5, 5.41) is 12.8. The van der Waals surface area contributed by atoms with Gasteiger partial charge in [0.05, 0.1) is 5.02 Å². The van der Waals surface area contributed by atoms with E-state index in [4.69, 9.17) is 34.1 Å². The van der Waals surface area contributed by atoms with Gasteiger partial charge in [0.25, 0.3) is 0 Å². The number of anilines is 1. The van der Waals surface area contributed by atoms with Crippen LogP contribution in [0.3, 0.4) is 0 Å². The first-order valence-electron chi connectivity index (χ1n) is 6.24. The molecule has 2 aromatic rings. The van der Waals surface area contributed by atoms with Crippen molar-refractivity contribution in [3.63, 3.8) is 0 Å². The van der Waals surface area contributed by atoms with Gasteiger partial charge in [-0.05, 0) is 35.9 Å². The van der Waals surface area contributed by atoms with E-state index in [1.807, 2.05) is 42.3 Å². The van der Waals surface area contributed by atoms with E-state index in [1.54, 1.807) is 12.1 Å². The van der Waals surface area contributed by atoms with Crippen LogP contribution < -0.4 is 10.6 Å². The third kappa shape index (κ3) is 3.80. The van der Waals surface area contributed by atoms with Crippen molar-refractivity contribution in [3.8, 4) is 0 Å². The van der Waals surface area contributed by atoms with E-state index in [-0.39, 0.29) is 5.84 Å². The topological polar surface area (TPSA) is 61.8 Å². The Labute approximate surface area is 133 Å². The van der Waals surface area contributed by atoms with Crippen molar-refractivity contribution in [2.45, 2.75) is 6.54 Å². The molecule has 21 heavy (non-hydrogen) atoms. The van der Waals surface area contributed by atoms with Crippen molar-refractivity contribution in [3.05, 3.63) is 63.6 Å². The van der Waals surface area contributed by atoms with Gasteiger partial charge < -0.3 is 15.8 Å². The molecule has 0 heterocycles. The lowest BCUT2D eigenvalue weighted by Crippen LogP contribution is -2.18. The van der Waals surface area contributed by atoms with Gasteiger partial charge in [-0.15, -0.1) is 0 Å². The van der Waals surface area contributed by atoms with Gasteiger partial charge in [0.15, 0.2) is 5.84 Å². The molecule has 0 saturated heterocycles. The van der Waals surface area contributed by atoms with E-state index in [2.05, 4.69) is 5.16 Å². The van der Waals surface area contributed by atoms with Gasteiger partial charge in [0.1, 0.15) is 0 Å². The number of hydrogen-bond acceptors (Lipinski definition) is 3. The molecule has 0 unspecified atom stereocenters. The molecule has 110 valence electrons. The van der Waals surface area contributed by atoms with Crippen molar-refractivity contribution in [2.75, 3.05) is 11.9 Å². The number of halogens is 2. The normalized spacial score (nSPS) is 11.5. The van der Waals surface area contributed by atoms with Crippen LogP contribution in [-0.4, -0.2) is 18.1 Å². The molecule has 0 radical (unpaired) electrons. The van der Waals surface area contributed by atoms with Crippen molar-refractivity contribution < 1.29 is 5.21 Å². The fourth-order valence-electron chi connectivity index (χ4n) is 1.96. The Morgan fingerprint density at radius 2 is 1.86 bits per heavy atom. The molecule has 6 heteroatoms. The third-order valence-electron chi connectivity index (χ3n) is 3.11. The Kier molecular flexibility index (Phi) is 4.94. The first-order chi connectivity index (χ1) is 10.0. The van der Waals surface area contributed by atoms with Gasteiger partial charge in [-0.3, -0.25) is 0 Å². The largest absolute Gasteiger partial charge is 0.409 e. The Morgan fingerprint density at radius 3 is 2.43 bits per heavy atom. The summed E-state index contributed by atoms with van der Waals surface area (Å²) < 4.78 is 0. The summed E-state index contributed by atoms with van der Waals surface area (Å²) in [5.74, 6) is -0.00750. The molecule has 2 aromatic carbocycles. The van der Waals surface area contributed by atoms with Crippen LogP contribution in [-0.2, 0) is 6.54 Å². The van der Waals surface area contributed by atoms with Gasteiger partial charge in [-0.2, -0.15) is 0 Å². The molecule has 2 rings (SSSR count). The Bertz CT molecular complexity index is 656. The average molecular weight is 324 g/mol. The monoisotopic (exact) mass is 323 g/mol. The second kappa shape index (κ2) is 6.70. The van der Waals surface area contributed by atoms with E-state index in [1.165, 1.54) is 0 Å². The molecule has 0 fully saturated rings. The van der Waals surface area contributed by atoms with Crippen LogP contribution in [0.4, 0.5) is 5.69 Å². The SMILES string of the molecule is CN(Cc1ccc(Cl)cc1)c1ccc(C(N)=NO)c(Cl)c1. The lowest BCUT2D eigenvalue weighted by Gasteiger charge is -2.20. The minimum Gasteiger partial charge on any atom is -0.409 e. The lowest BCUT2D eigenvalue weighted by molar-refractivity contribution is 0.318. The Morgan fingerprint density at radius 1 is 1.19 bits per heavy atom. The number of nitrogens with two attached hydrogens (primary N) is 1. The second-order valence-electron chi connectivity index (χ2n) is 4.63. The number of rotatable bonds is 4. The second-order valence-corrected chi connectivity index (χ2v) is 5.48. The van der Waals surface area contributed by atoms with Crippen LogP contribution in [0.2, 0.25) is 10.0 Å². The van der Waals surface area contributed by atoms with Crippen LogP contribution in [0.15, 0.2) is 47.6 Å². The predicted molar refractivity (Wildman–Crippen MR) is 87.5 cm³/mol. The summed E-state index contributed by atoms with van der Waals surface area (Å²) in [6.45, 7) is 0.719. The van der Waals surface area contributed by atoms with E-state index >= 15 is 0 Å². The first-order valence-corrected chi connectivity index (χ1v) is 7.00. The van der Waals surface area contributed by atoms with E-state index in [0.717, 1.165) is 17.8 Å². The number of amidine groups is 1. The maximum Gasteiger partial charge on any atom is 0.171 e. The van der Waals surface area contributed by atoms with Gasteiger partial charge in [0.2, 0.25) is 0 Å². The quantitative estimate of drug-likeness (QED) is 0.390. The molecule has 0 atom stereocenters. The molecular weight excluding hydrogens is 309 g/mol. The van der Waals surface area contributed by atoms with Crippen LogP contribution in [0.1, 0.15) is 11.1 Å².